The molecule has 3 heterocycles. The van der Waals surface area contributed by atoms with E-state index >= 15 is 0 Å². The summed E-state index contributed by atoms with van der Waals surface area (Å²) < 4.78 is 11.3. The van der Waals surface area contributed by atoms with Crippen molar-refractivity contribution in [3.63, 3.8) is 0 Å². The second-order valence-corrected chi connectivity index (χ2v) is 11.3. The van der Waals surface area contributed by atoms with E-state index in [1.54, 1.807) is 29.4 Å². The molecule has 11 heteroatoms. The molecule has 1 aliphatic carbocycles. The summed E-state index contributed by atoms with van der Waals surface area (Å²) in [6, 6.07) is 7.29. The van der Waals surface area contributed by atoms with Gasteiger partial charge in [0.25, 0.3) is 0 Å². The number of rotatable bonds is 6. The summed E-state index contributed by atoms with van der Waals surface area (Å²) in [5.41, 5.74) is 7.04. The highest BCUT2D eigenvalue weighted by Crippen LogP contribution is 2.44. The van der Waals surface area contributed by atoms with Crippen molar-refractivity contribution in [2.75, 3.05) is 24.1 Å². The Morgan fingerprint density at radius 3 is 2.72 bits per heavy atom. The summed E-state index contributed by atoms with van der Waals surface area (Å²) in [5.74, 6) is 0.771. The average molecular weight is 511 g/mol. The van der Waals surface area contributed by atoms with Crippen LogP contribution in [0.15, 0.2) is 36.7 Å². The summed E-state index contributed by atoms with van der Waals surface area (Å²) in [7, 11) is 0. The quantitative estimate of drug-likeness (QED) is 0.415. The Kier molecular flexibility index (Phi) is 6.21. The normalized spacial score (nSPS) is 17.2. The second kappa shape index (κ2) is 9.21. The molecule has 36 heavy (non-hydrogen) atoms. The lowest BCUT2D eigenvalue weighted by Crippen LogP contribution is -2.57. The number of aromatic nitrogens is 3. The maximum atomic E-state index is 12.1. The van der Waals surface area contributed by atoms with Crippen LogP contribution in [-0.4, -0.2) is 55.8 Å². The lowest BCUT2D eigenvalue weighted by atomic mass is 9.81. The highest BCUT2D eigenvalue weighted by molar-refractivity contribution is 7.15. The maximum Gasteiger partial charge on any atom is 0.410 e. The van der Waals surface area contributed by atoms with Crippen LogP contribution in [0, 0.1) is 0 Å². The first-order valence-electron chi connectivity index (χ1n) is 11.9. The number of carbonyl (C=O) groups is 1. The Balaban J connectivity index is 1.22. The van der Waals surface area contributed by atoms with Gasteiger partial charge in [-0.2, -0.15) is 4.98 Å². The number of nitrogens with one attached hydrogen (secondary N) is 1. The Morgan fingerprint density at radius 1 is 1.25 bits per heavy atom. The van der Waals surface area contributed by atoms with Crippen molar-refractivity contribution in [3.05, 3.63) is 41.7 Å². The minimum absolute atomic E-state index is 0.162. The highest BCUT2D eigenvalue weighted by Gasteiger charge is 2.39. The monoisotopic (exact) mass is 510 g/mol. The van der Waals surface area contributed by atoms with Crippen molar-refractivity contribution < 1.29 is 19.4 Å². The van der Waals surface area contributed by atoms with Crippen LogP contribution in [0.4, 0.5) is 22.1 Å². The molecule has 2 fully saturated rings. The topological polar surface area (TPSA) is 136 Å². The van der Waals surface area contributed by atoms with E-state index in [-0.39, 0.29) is 12.2 Å². The van der Waals surface area contributed by atoms with Gasteiger partial charge in [0.1, 0.15) is 22.3 Å². The number of hydrogen-bond donors (Lipinski definition) is 3. The Morgan fingerprint density at radius 2 is 2.03 bits per heavy atom. The Hall–Kier alpha value is -3.44. The first-order valence-corrected chi connectivity index (χ1v) is 12.7. The number of nitrogens with zero attached hydrogens (tertiary/aromatic N) is 4. The third-order valence-corrected chi connectivity index (χ3v) is 7.24. The summed E-state index contributed by atoms with van der Waals surface area (Å²) in [5, 5.41) is 14.5. The molecule has 0 unspecified atom stereocenters. The van der Waals surface area contributed by atoms with Gasteiger partial charge in [-0.05, 0) is 63.8 Å². The molecule has 0 atom stereocenters. The molecule has 1 amide bonds. The predicted molar refractivity (Wildman–Crippen MR) is 137 cm³/mol. The lowest BCUT2D eigenvalue weighted by molar-refractivity contribution is -0.0389. The second-order valence-electron chi connectivity index (χ2n) is 10.2. The minimum Gasteiger partial charge on any atom is -0.470 e. The molecule has 190 valence electrons. The van der Waals surface area contributed by atoms with Gasteiger partial charge in [-0.25, -0.2) is 14.8 Å². The van der Waals surface area contributed by atoms with Gasteiger partial charge in [0.05, 0.1) is 18.0 Å². The van der Waals surface area contributed by atoms with Gasteiger partial charge in [0.15, 0.2) is 0 Å². The number of anilines is 3. The van der Waals surface area contributed by atoms with Crippen LogP contribution >= 0.6 is 11.3 Å². The average Bonchev–Trinajstić information content (AvgIpc) is 3.23. The van der Waals surface area contributed by atoms with E-state index < -0.39 is 11.2 Å². The molecule has 2 aromatic heterocycles. The molecular formula is C25H30N6O4S. The summed E-state index contributed by atoms with van der Waals surface area (Å²) >= 11 is 1.48. The minimum atomic E-state index is -0.789. The van der Waals surface area contributed by atoms with Crippen molar-refractivity contribution in [2.24, 2.45) is 0 Å². The van der Waals surface area contributed by atoms with E-state index in [1.165, 1.54) is 11.3 Å². The van der Waals surface area contributed by atoms with Crippen molar-refractivity contribution in [2.45, 2.75) is 57.3 Å². The molecule has 5 rings (SSSR count). The first kappa shape index (κ1) is 24.3. The third-order valence-electron chi connectivity index (χ3n) is 6.00. The number of benzene rings is 1. The number of likely N-dealkylation sites (tertiary alicyclic amines) is 1. The lowest BCUT2D eigenvalue weighted by Gasteiger charge is -2.39. The number of aliphatic hydroxyl groups is 1. The van der Waals surface area contributed by atoms with Crippen LogP contribution in [0.1, 0.15) is 45.0 Å². The molecule has 0 radical (unpaired) electrons. The fraction of sp³-hybridized carbons (Fsp3) is 0.440. The highest BCUT2D eigenvalue weighted by atomic mass is 32.1. The van der Waals surface area contributed by atoms with Crippen LogP contribution < -0.4 is 15.8 Å². The van der Waals surface area contributed by atoms with Gasteiger partial charge in [0, 0.05) is 29.8 Å². The van der Waals surface area contributed by atoms with Crippen molar-refractivity contribution in [1.82, 2.24) is 19.9 Å². The van der Waals surface area contributed by atoms with Crippen LogP contribution in [0.2, 0.25) is 0 Å². The van der Waals surface area contributed by atoms with Gasteiger partial charge in [-0.1, -0.05) is 0 Å². The van der Waals surface area contributed by atoms with E-state index in [4.69, 9.17) is 15.2 Å². The largest absolute Gasteiger partial charge is 0.470 e. The van der Waals surface area contributed by atoms with Crippen molar-refractivity contribution in [3.8, 4) is 16.3 Å². The number of hydrogen-bond acceptors (Lipinski definition) is 10. The van der Waals surface area contributed by atoms with Gasteiger partial charge in [0.2, 0.25) is 11.8 Å². The number of carbonyl (C=O) groups excluding carboxylic acids is 1. The van der Waals surface area contributed by atoms with Gasteiger partial charge < -0.3 is 30.5 Å². The summed E-state index contributed by atoms with van der Waals surface area (Å²) in [4.78, 5) is 27.8. The fourth-order valence-electron chi connectivity index (χ4n) is 3.97. The molecule has 0 bridgehead atoms. The number of nitrogen functional groups attached to an aromatic ring is 1. The molecule has 1 aliphatic heterocycles. The standard InChI is InChI=1S/C25H30N6O4S/c1-24(2,3)35-23(32)31-13-18(14-31)34-20-5-8-27-22(30-20)29-17-10-15(9-16(26)11-17)19-12-28-21(36-19)25(33)6-4-7-25/h5,8-12,18,33H,4,6-7,13-14,26H2,1-3H3,(H,27,29,30). The molecule has 4 N–H and O–H groups in total. The molecule has 3 aromatic rings. The Bertz CT molecular complexity index is 1260. The molecule has 2 aliphatic rings. The zero-order valence-corrected chi connectivity index (χ0v) is 21.3. The van der Waals surface area contributed by atoms with E-state index in [0.29, 0.717) is 30.6 Å². The van der Waals surface area contributed by atoms with Gasteiger partial charge in [-0.15, -0.1) is 11.3 Å². The van der Waals surface area contributed by atoms with Crippen LogP contribution in [0.3, 0.4) is 0 Å². The van der Waals surface area contributed by atoms with Crippen molar-refractivity contribution in [1.29, 1.82) is 0 Å². The van der Waals surface area contributed by atoms with Gasteiger partial charge >= 0.3 is 6.09 Å². The Labute approximate surface area is 213 Å². The third kappa shape index (κ3) is 5.36. The van der Waals surface area contributed by atoms with Gasteiger partial charge in [-0.3, -0.25) is 0 Å². The van der Waals surface area contributed by atoms with Crippen LogP contribution in [0.5, 0.6) is 5.88 Å². The molecule has 0 spiro atoms. The number of ether oxygens (including phenoxy) is 2. The smallest absolute Gasteiger partial charge is 0.410 e. The zero-order valence-electron chi connectivity index (χ0n) is 20.5. The van der Waals surface area contributed by atoms with E-state index in [1.807, 2.05) is 32.9 Å². The molecular weight excluding hydrogens is 480 g/mol. The molecule has 1 aromatic carbocycles. The number of amides is 1. The van der Waals surface area contributed by atoms with E-state index in [0.717, 1.165) is 40.4 Å². The fourth-order valence-corrected chi connectivity index (χ4v) is 5.02. The predicted octanol–water partition coefficient (Wildman–Crippen LogP) is 4.30. The van der Waals surface area contributed by atoms with Crippen LogP contribution in [0.25, 0.3) is 10.4 Å². The number of nitrogens with two attached hydrogens (primary N) is 1. The number of thiazole rings is 1. The first-order chi connectivity index (χ1) is 17.1. The SMILES string of the molecule is CC(C)(C)OC(=O)N1CC(Oc2ccnc(Nc3cc(N)cc(-c4cnc(C5(O)CCC5)s4)c3)n2)C1. The zero-order chi connectivity index (χ0) is 25.5. The van der Waals surface area contributed by atoms with Crippen molar-refractivity contribution >= 4 is 34.8 Å². The van der Waals surface area contributed by atoms with E-state index in [2.05, 4.69) is 20.3 Å². The summed E-state index contributed by atoms with van der Waals surface area (Å²) in [6.45, 7) is 6.39. The molecule has 1 saturated carbocycles. The van der Waals surface area contributed by atoms with Crippen LogP contribution in [-0.2, 0) is 10.3 Å². The molecule has 10 nitrogen and oxygen atoms in total. The summed E-state index contributed by atoms with van der Waals surface area (Å²) in [6.07, 6.45) is 5.39. The molecule has 1 saturated heterocycles. The van der Waals surface area contributed by atoms with E-state index in [9.17, 15) is 9.90 Å². The maximum absolute atomic E-state index is 12.1.